The summed E-state index contributed by atoms with van der Waals surface area (Å²) in [7, 11) is 0. The Morgan fingerprint density at radius 1 is 0.750 bits per heavy atom. The number of hydrogen-bond donors (Lipinski definition) is 1. The van der Waals surface area contributed by atoms with E-state index in [4.69, 9.17) is 0 Å². The van der Waals surface area contributed by atoms with E-state index in [-0.39, 0.29) is 0 Å². The molecule has 3 aromatic carbocycles. The number of aryl methyl sites for hydroxylation is 2. The quantitative estimate of drug-likeness (QED) is 0.440. The summed E-state index contributed by atoms with van der Waals surface area (Å²) in [4.78, 5) is 2.59. The summed E-state index contributed by atoms with van der Waals surface area (Å²) in [6.07, 6.45) is 0. The average molecular weight is 331 g/mol. The van der Waals surface area contributed by atoms with E-state index in [0.29, 0.717) is 5.92 Å². The van der Waals surface area contributed by atoms with Crippen LogP contribution in [0.3, 0.4) is 0 Å². The number of benzene rings is 3. The lowest BCUT2D eigenvalue weighted by Gasteiger charge is -2.23. The zero-order valence-electron chi connectivity index (χ0n) is 14.3. The number of para-hydroxylation sites is 1. The summed E-state index contributed by atoms with van der Waals surface area (Å²) < 4.78 is 0. The molecule has 3 aromatic rings. The van der Waals surface area contributed by atoms with Crippen molar-refractivity contribution in [2.45, 2.75) is 36.5 Å². The Hall–Kier alpha value is -2.19. The zero-order chi connectivity index (χ0) is 16.7. The molecular formula is C22H21NS. The van der Waals surface area contributed by atoms with Crippen LogP contribution >= 0.6 is 11.8 Å². The molecule has 0 spiro atoms. The molecule has 1 heterocycles. The third kappa shape index (κ3) is 2.71. The molecule has 0 bridgehead atoms. The van der Waals surface area contributed by atoms with Gasteiger partial charge in [0, 0.05) is 15.7 Å². The van der Waals surface area contributed by atoms with Gasteiger partial charge >= 0.3 is 0 Å². The fourth-order valence-electron chi connectivity index (χ4n) is 3.15. The van der Waals surface area contributed by atoms with E-state index in [1.165, 1.54) is 43.4 Å². The third-order valence-electron chi connectivity index (χ3n) is 4.91. The average Bonchev–Trinajstić information content (AvgIpc) is 2.61. The first-order chi connectivity index (χ1) is 11.6. The van der Waals surface area contributed by atoms with Gasteiger partial charge in [-0.05, 0) is 60.4 Å². The van der Waals surface area contributed by atoms with Crippen molar-refractivity contribution in [1.82, 2.24) is 0 Å². The van der Waals surface area contributed by atoms with E-state index in [1.54, 1.807) is 0 Å². The van der Waals surface area contributed by atoms with Gasteiger partial charge in [0.15, 0.2) is 0 Å². The smallest absolute Gasteiger partial charge is 0.0529 e. The maximum Gasteiger partial charge on any atom is 0.0529 e. The summed E-state index contributed by atoms with van der Waals surface area (Å²) in [6, 6.07) is 22.1. The first kappa shape index (κ1) is 15.3. The summed E-state index contributed by atoms with van der Waals surface area (Å²) in [5.74, 6) is 0.388. The predicted octanol–water partition coefficient (Wildman–Crippen LogP) is 6.66. The van der Waals surface area contributed by atoms with Crippen LogP contribution < -0.4 is 5.32 Å². The predicted molar refractivity (Wildman–Crippen MR) is 104 cm³/mol. The number of anilines is 2. The first-order valence-corrected chi connectivity index (χ1v) is 9.18. The Balaban J connectivity index is 1.67. The van der Waals surface area contributed by atoms with Crippen molar-refractivity contribution >= 4 is 23.1 Å². The molecule has 24 heavy (non-hydrogen) atoms. The van der Waals surface area contributed by atoms with E-state index in [1.807, 2.05) is 11.8 Å². The summed E-state index contributed by atoms with van der Waals surface area (Å²) in [5, 5.41) is 3.59. The fourth-order valence-corrected chi connectivity index (χ4v) is 4.12. The lowest BCUT2D eigenvalue weighted by molar-refractivity contribution is 0.916. The second-order valence-corrected chi connectivity index (χ2v) is 7.63. The Morgan fingerprint density at radius 2 is 1.46 bits per heavy atom. The SMILES string of the molecule is Cc1ccc(C(C)c2ccc3c(c2)Nc2ccccc2S3)cc1C. The normalized spacial score (nSPS) is 13.6. The molecule has 120 valence electrons. The summed E-state index contributed by atoms with van der Waals surface area (Å²) >= 11 is 1.84. The van der Waals surface area contributed by atoms with Gasteiger partial charge in [-0.15, -0.1) is 0 Å². The molecule has 1 aliphatic rings. The number of nitrogens with one attached hydrogen (secondary N) is 1. The molecule has 1 N–H and O–H groups in total. The van der Waals surface area contributed by atoms with Crippen molar-refractivity contribution in [1.29, 1.82) is 0 Å². The van der Waals surface area contributed by atoms with Gasteiger partial charge in [-0.2, -0.15) is 0 Å². The highest BCUT2D eigenvalue weighted by Gasteiger charge is 2.17. The molecular weight excluding hydrogens is 310 g/mol. The number of rotatable bonds is 2. The van der Waals surface area contributed by atoms with E-state index in [2.05, 4.69) is 86.8 Å². The maximum atomic E-state index is 3.59. The minimum Gasteiger partial charge on any atom is -0.354 e. The van der Waals surface area contributed by atoms with Crippen LogP contribution in [0.4, 0.5) is 11.4 Å². The van der Waals surface area contributed by atoms with Crippen LogP contribution in [0.2, 0.25) is 0 Å². The van der Waals surface area contributed by atoms with Gasteiger partial charge in [-0.1, -0.05) is 55.1 Å². The van der Waals surface area contributed by atoms with Crippen molar-refractivity contribution in [3.63, 3.8) is 0 Å². The highest BCUT2D eigenvalue weighted by molar-refractivity contribution is 7.99. The Labute approximate surface area is 148 Å². The van der Waals surface area contributed by atoms with Crippen LogP contribution in [0, 0.1) is 13.8 Å². The lowest BCUT2D eigenvalue weighted by Crippen LogP contribution is -2.03. The van der Waals surface area contributed by atoms with Crippen molar-refractivity contribution in [2.75, 3.05) is 5.32 Å². The first-order valence-electron chi connectivity index (χ1n) is 8.37. The van der Waals surface area contributed by atoms with Gasteiger partial charge in [-0.25, -0.2) is 0 Å². The molecule has 0 fully saturated rings. The molecule has 0 saturated heterocycles. The summed E-state index contributed by atoms with van der Waals surface area (Å²) in [6.45, 7) is 6.64. The van der Waals surface area contributed by atoms with Crippen molar-refractivity contribution < 1.29 is 0 Å². The van der Waals surface area contributed by atoms with Crippen LogP contribution in [0.15, 0.2) is 70.5 Å². The Kier molecular flexibility index (Phi) is 3.85. The standard InChI is InChI=1S/C22H21NS/c1-14-8-9-17(12-15(14)2)16(3)18-10-11-22-20(13-18)23-19-6-4-5-7-21(19)24-22/h4-13,16,23H,1-3H3. The second-order valence-electron chi connectivity index (χ2n) is 6.54. The molecule has 0 amide bonds. The van der Waals surface area contributed by atoms with Gasteiger partial charge < -0.3 is 5.32 Å². The number of fused-ring (bicyclic) bond motifs is 2. The van der Waals surface area contributed by atoms with Crippen LogP contribution in [0.25, 0.3) is 0 Å². The lowest BCUT2D eigenvalue weighted by atomic mass is 9.91. The Morgan fingerprint density at radius 3 is 2.29 bits per heavy atom. The minimum atomic E-state index is 0.388. The molecule has 4 rings (SSSR count). The van der Waals surface area contributed by atoms with Crippen LogP contribution in [-0.4, -0.2) is 0 Å². The van der Waals surface area contributed by atoms with Crippen molar-refractivity contribution in [3.8, 4) is 0 Å². The maximum absolute atomic E-state index is 3.59. The zero-order valence-corrected chi connectivity index (χ0v) is 15.1. The summed E-state index contributed by atoms with van der Waals surface area (Å²) in [5.41, 5.74) is 7.86. The van der Waals surface area contributed by atoms with Gasteiger partial charge in [0.2, 0.25) is 0 Å². The molecule has 0 saturated carbocycles. The highest BCUT2D eigenvalue weighted by atomic mass is 32.2. The molecule has 1 atom stereocenters. The van der Waals surface area contributed by atoms with E-state index in [9.17, 15) is 0 Å². The van der Waals surface area contributed by atoms with E-state index in [0.717, 1.165) is 0 Å². The fraction of sp³-hybridized carbons (Fsp3) is 0.182. The molecule has 2 heteroatoms. The molecule has 1 aliphatic heterocycles. The molecule has 1 nitrogen and oxygen atoms in total. The molecule has 0 radical (unpaired) electrons. The van der Waals surface area contributed by atoms with Crippen LogP contribution in [0.1, 0.15) is 35.1 Å². The topological polar surface area (TPSA) is 12.0 Å². The second kappa shape index (κ2) is 6.03. The monoisotopic (exact) mass is 331 g/mol. The third-order valence-corrected chi connectivity index (χ3v) is 6.06. The number of hydrogen-bond acceptors (Lipinski definition) is 2. The molecule has 0 aromatic heterocycles. The minimum absolute atomic E-state index is 0.388. The molecule has 0 aliphatic carbocycles. The van der Waals surface area contributed by atoms with Crippen molar-refractivity contribution in [2.24, 2.45) is 0 Å². The van der Waals surface area contributed by atoms with Gasteiger partial charge in [0.1, 0.15) is 0 Å². The molecule has 1 unspecified atom stereocenters. The Bertz CT molecular complexity index is 914. The highest BCUT2D eigenvalue weighted by Crippen LogP contribution is 2.45. The van der Waals surface area contributed by atoms with Gasteiger partial charge in [-0.3, -0.25) is 0 Å². The van der Waals surface area contributed by atoms with Gasteiger partial charge in [0.05, 0.1) is 11.4 Å². The van der Waals surface area contributed by atoms with Crippen LogP contribution in [-0.2, 0) is 0 Å². The van der Waals surface area contributed by atoms with E-state index >= 15 is 0 Å². The van der Waals surface area contributed by atoms with Crippen LogP contribution in [0.5, 0.6) is 0 Å². The van der Waals surface area contributed by atoms with E-state index < -0.39 is 0 Å². The largest absolute Gasteiger partial charge is 0.354 e. The van der Waals surface area contributed by atoms with Gasteiger partial charge in [0.25, 0.3) is 0 Å². The van der Waals surface area contributed by atoms with Crippen molar-refractivity contribution in [3.05, 3.63) is 82.9 Å².